The number of aromatic nitrogens is 1. The van der Waals surface area contributed by atoms with E-state index in [2.05, 4.69) is 0 Å². The van der Waals surface area contributed by atoms with E-state index in [1.165, 1.54) is 6.07 Å². The molecule has 2 aromatic heterocycles. The number of hydrogen-bond acceptors (Lipinski definition) is 6. The van der Waals surface area contributed by atoms with E-state index < -0.39 is 15.3 Å². The maximum absolute atomic E-state index is 12.9. The molecular formula is C15H15N3O4S. The van der Waals surface area contributed by atoms with Crippen molar-refractivity contribution in [1.29, 1.82) is 5.41 Å². The maximum atomic E-state index is 12.9. The van der Waals surface area contributed by atoms with Crippen molar-refractivity contribution < 1.29 is 18.0 Å². The van der Waals surface area contributed by atoms with Crippen molar-refractivity contribution in [3.63, 3.8) is 0 Å². The lowest BCUT2D eigenvalue weighted by atomic mass is 10.2. The highest BCUT2D eigenvalue weighted by atomic mass is 32.2. The summed E-state index contributed by atoms with van der Waals surface area (Å²) in [4.78, 5) is -0.506. The van der Waals surface area contributed by atoms with E-state index in [1.54, 1.807) is 38.1 Å². The average molecular weight is 333 g/mol. The van der Waals surface area contributed by atoms with E-state index in [-0.39, 0.29) is 15.7 Å². The number of rotatable bonds is 2. The Morgan fingerprint density at radius 3 is 2.52 bits per heavy atom. The number of sulfone groups is 1. The molecule has 3 rings (SSSR count). The van der Waals surface area contributed by atoms with Gasteiger partial charge in [0, 0.05) is 10.9 Å². The van der Waals surface area contributed by atoms with E-state index >= 15 is 0 Å². The molecule has 8 heteroatoms. The topological polar surface area (TPSA) is 122 Å². The molecule has 23 heavy (non-hydrogen) atoms. The van der Waals surface area contributed by atoms with Crippen molar-refractivity contribution in [2.75, 3.05) is 5.73 Å². The summed E-state index contributed by atoms with van der Waals surface area (Å²) < 4.78 is 31.6. The monoisotopic (exact) mass is 333 g/mol. The smallest absolute Gasteiger partial charge is 0.216 e. The van der Waals surface area contributed by atoms with Crippen LogP contribution in [0, 0.1) is 19.3 Å². The molecular weight excluding hydrogens is 318 g/mol. The number of nitrogens with zero attached hydrogens (tertiary/aromatic N) is 1. The van der Waals surface area contributed by atoms with Crippen LogP contribution >= 0.6 is 0 Å². The number of benzene rings is 1. The number of pyridine rings is 1. The molecule has 3 aromatic rings. The van der Waals surface area contributed by atoms with Gasteiger partial charge in [0.15, 0.2) is 5.49 Å². The Morgan fingerprint density at radius 2 is 1.91 bits per heavy atom. The Labute approximate surface area is 132 Å². The number of nitrogens with two attached hydrogens (primary N) is 1. The maximum Gasteiger partial charge on any atom is 0.216 e. The first-order valence-electron chi connectivity index (χ1n) is 6.74. The molecule has 0 spiro atoms. The normalized spacial score (nSPS) is 11.9. The van der Waals surface area contributed by atoms with Crippen LogP contribution in [0.5, 0.6) is 0 Å². The standard InChI is InChI=1S/C15H15N3O4S/c1-8-9(2)22-15(17)13(8)23(20,21)12-7-10-5-3-4-6-11(10)18(19)14(12)16/h3-7,16,19H,17H2,1-2H3. The van der Waals surface area contributed by atoms with Gasteiger partial charge < -0.3 is 15.4 Å². The highest BCUT2D eigenvalue weighted by Gasteiger charge is 2.30. The number of hydrogen-bond donors (Lipinski definition) is 3. The van der Waals surface area contributed by atoms with Crippen LogP contribution in [0.3, 0.4) is 0 Å². The molecule has 0 amide bonds. The largest absolute Gasteiger partial charge is 0.445 e. The fraction of sp³-hybridized carbons (Fsp3) is 0.133. The van der Waals surface area contributed by atoms with Gasteiger partial charge in [-0.25, -0.2) is 8.42 Å². The van der Waals surface area contributed by atoms with Crippen LogP contribution in [-0.2, 0) is 9.84 Å². The number of furan rings is 1. The third kappa shape index (κ3) is 2.10. The first-order chi connectivity index (χ1) is 10.7. The zero-order chi connectivity index (χ0) is 16.9. The zero-order valence-electron chi connectivity index (χ0n) is 12.5. The van der Waals surface area contributed by atoms with Crippen molar-refractivity contribution in [3.05, 3.63) is 47.1 Å². The minimum Gasteiger partial charge on any atom is -0.445 e. The van der Waals surface area contributed by atoms with Crippen molar-refractivity contribution in [2.45, 2.75) is 23.6 Å². The van der Waals surface area contributed by atoms with Crippen LogP contribution < -0.4 is 11.2 Å². The molecule has 0 aliphatic carbocycles. The minimum atomic E-state index is -4.11. The summed E-state index contributed by atoms with van der Waals surface area (Å²) in [6.07, 6.45) is 0. The molecule has 0 radical (unpaired) electrons. The van der Waals surface area contributed by atoms with E-state index in [9.17, 15) is 13.6 Å². The lowest BCUT2D eigenvalue weighted by Gasteiger charge is -2.10. The number of aryl methyl sites for hydroxylation is 1. The number of anilines is 1. The second kappa shape index (κ2) is 4.88. The van der Waals surface area contributed by atoms with Crippen molar-refractivity contribution in [2.24, 2.45) is 0 Å². The first kappa shape index (κ1) is 15.2. The summed E-state index contributed by atoms with van der Waals surface area (Å²) in [7, 11) is -4.11. The summed E-state index contributed by atoms with van der Waals surface area (Å²) in [6.45, 7) is 3.19. The Hall–Kier alpha value is -2.74. The summed E-state index contributed by atoms with van der Waals surface area (Å²) in [5, 5.41) is 18.6. The van der Waals surface area contributed by atoms with Gasteiger partial charge in [-0.2, -0.15) is 4.73 Å². The molecule has 0 fully saturated rings. The second-order valence-electron chi connectivity index (χ2n) is 5.21. The Kier molecular flexibility index (Phi) is 3.22. The molecule has 0 atom stereocenters. The van der Waals surface area contributed by atoms with Gasteiger partial charge in [0.2, 0.25) is 15.7 Å². The SMILES string of the molecule is Cc1oc(N)c(S(=O)(=O)c2cc3ccccc3n(O)c2=N)c1C. The van der Waals surface area contributed by atoms with Crippen molar-refractivity contribution in [3.8, 4) is 0 Å². The lowest BCUT2D eigenvalue weighted by Crippen LogP contribution is -2.25. The van der Waals surface area contributed by atoms with Crippen molar-refractivity contribution in [1.82, 2.24) is 4.73 Å². The third-order valence-electron chi connectivity index (χ3n) is 3.81. The second-order valence-corrected chi connectivity index (χ2v) is 7.06. The highest BCUT2D eigenvalue weighted by Crippen LogP contribution is 2.32. The van der Waals surface area contributed by atoms with Gasteiger partial charge >= 0.3 is 0 Å². The van der Waals surface area contributed by atoms with Gasteiger partial charge in [0.25, 0.3) is 0 Å². The summed E-state index contributed by atoms with van der Waals surface area (Å²) in [5.41, 5.74) is 5.88. The first-order valence-corrected chi connectivity index (χ1v) is 8.22. The van der Waals surface area contributed by atoms with Crippen LogP contribution in [0.2, 0.25) is 0 Å². The van der Waals surface area contributed by atoms with Gasteiger partial charge in [-0.15, -0.1) is 0 Å². The lowest BCUT2D eigenvalue weighted by molar-refractivity contribution is 0.181. The van der Waals surface area contributed by atoms with E-state index in [1.807, 2.05) is 0 Å². The number of nitrogen functional groups attached to an aromatic ring is 1. The fourth-order valence-electron chi connectivity index (χ4n) is 2.52. The number of fused-ring (bicyclic) bond motifs is 1. The van der Waals surface area contributed by atoms with Crippen LogP contribution in [-0.4, -0.2) is 18.4 Å². The Morgan fingerprint density at radius 1 is 1.26 bits per heavy atom. The molecule has 0 bridgehead atoms. The van der Waals surface area contributed by atoms with E-state index in [0.29, 0.717) is 27.0 Å². The predicted molar refractivity (Wildman–Crippen MR) is 83.0 cm³/mol. The molecule has 1 aromatic carbocycles. The Balaban J connectivity index is 2.40. The van der Waals surface area contributed by atoms with E-state index in [4.69, 9.17) is 15.6 Å². The fourth-order valence-corrected chi connectivity index (χ4v) is 4.21. The van der Waals surface area contributed by atoms with Crippen LogP contribution in [0.15, 0.2) is 44.5 Å². The van der Waals surface area contributed by atoms with Crippen molar-refractivity contribution >= 4 is 26.6 Å². The van der Waals surface area contributed by atoms with Gasteiger partial charge in [-0.05, 0) is 26.0 Å². The molecule has 7 nitrogen and oxygen atoms in total. The molecule has 0 unspecified atom stereocenters. The molecule has 0 saturated carbocycles. The summed E-state index contributed by atoms with van der Waals surface area (Å²) in [5.74, 6) is 0.169. The summed E-state index contributed by atoms with van der Waals surface area (Å²) in [6, 6.07) is 7.98. The average Bonchev–Trinajstić information content (AvgIpc) is 2.76. The van der Waals surface area contributed by atoms with Crippen LogP contribution in [0.25, 0.3) is 10.9 Å². The zero-order valence-corrected chi connectivity index (χ0v) is 13.3. The number of nitrogens with one attached hydrogen (secondary N) is 1. The van der Waals surface area contributed by atoms with Crippen LogP contribution in [0.4, 0.5) is 5.88 Å². The molecule has 120 valence electrons. The molecule has 0 aliphatic heterocycles. The summed E-state index contributed by atoms with van der Waals surface area (Å²) >= 11 is 0. The number of para-hydroxylation sites is 1. The molecule has 4 N–H and O–H groups in total. The van der Waals surface area contributed by atoms with Gasteiger partial charge in [-0.1, -0.05) is 18.2 Å². The van der Waals surface area contributed by atoms with Gasteiger partial charge in [-0.3, -0.25) is 5.41 Å². The Bertz CT molecular complexity index is 1090. The molecule has 2 heterocycles. The minimum absolute atomic E-state index is 0.168. The highest BCUT2D eigenvalue weighted by molar-refractivity contribution is 7.91. The quantitative estimate of drug-likeness (QED) is 0.619. The van der Waals surface area contributed by atoms with Gasteiger partial charge in [0.05, 0.1) is 5.52 Å². The van der Waals surface area contributed by atoms with Gasteiger partial charge in [0.1, 0.15) is 15.6 Å². The van der Waals surface area contributed by atoms with E-state index in [0.717, 1.165) is 0 Å². The van der Waals surface area contributed by atoms with Crippen LogP contribution in [0.1, 0.15) is 11.3 Å². The third-order valence-corrected chi connectivity index (χ3v) is 5.75. The predicted octanol–water partition coefficient (Wildman–Crippen LogP) is 1.98. The molecule has 0 aliphatic rings. The molecule has 0 saturated heterocycles.